The Morgan fingerprint density at radius 2 is 0.967 bits per heavy atom. The molecule has 0 saturated heterocycles. The SMILES string of the molecule is c1ccc(-c2ccc(N(c3ccc(-c4ccc5c(c4)n4c6ccccc6nc4n5-c4ccccc4)cc3)c3ccc(-c4cccc5c4oc4ccccc45)cc3)cc2)cc1. The largest absolute Gasteiger partial charge is 0.455 e. The number of aromatic nitrogens is 3. The summed E-state index contributed by atoms with van der Waals surface area (Å²) in [6, 6.07) is 77.4. The molecule has 3 aromatic heterocycles. The first-order valence-corrected chi connectivity index (χ1v) is 20.3. The third kappa shape index (κ3) is 5.52. The van der Waals surface area contributed by atoms with E-state index < -0.39 is 0 Å². The van der Waals surface area contributed by atoms with Crippen molar-refractivity contribution < 1.29 is 4.42 Å². The van der Waals surface area contributed by atoms with Crippen molar-refractivity contribution in [2.75, 3.05) is 4.90 Å². The van der Waals surface area contributed by atoms with Crippen LogP contribution in [0.15, 0.2) is 223 Å². The quantitative estimate of drug-likeness (QED) is 0.162. The predicted octanol–water partition coefficient (Wildman–Crippen LogP) is 14.8. The molecule has 5 heteroatoms. The summed E-state index contributed by atoms with van der Waals surface area (Å²) in [5.74, 6) is 0.902. The van der Waals surface area contributed by atoms with E-state index in [1.54, 1.807) is 0 Å². The maximum Gasteiger partial charge on any atom is 0.220 e. The van der Waals surface area contributed by atoms with Crippen molar-refractivity contribution in [1.82, 2.24) is 14.0 Å². The number of anilines is 3. The minimum Gasteiger partial charge on any atom is -0.455 e. The van der Waals surface area contributed by atoms with Crippen molar-refractivity contribution in [3.8, 4) is 39.1 Å². The summed E-state index contributed by atoms with van der Waals surface area (Å²) < 4.78 is 11.0. The molecule has 12 rings (SSSR count). The molecule has 0 bridgehead atoms. The topological polar surface area (TPSA) is 38.6 Å². The zero-order valence-electron chi connectivity index (χ0n) is 32.5. The second-order valence-electron chi connectivity index (χ2n) is 15.2. The van der Waals surface area contributed by atoms with Gasteiger partial charge in [-0.2, -0.15) is 0 Å². The third-order valence-corrected chi connectivity index (χ3v) is 11.7. The van der Waals surface area contributed by atoms with Crippen LogP contribution in [0.5, 0.6) is 0 Å². The fourth-order valence-corrected chi connectivity index (χ4v) is 8.86. The number of imidazole rings is 2. The van der Waals surface area contributed by atoms with Gasteiger partial charge in [-0.3, -0.25) is 8.97 Å². The smallest absolute Gasteiger partial charge is 0.220 e. The van der Waals surface area contributed by atoms with Crippen molar-refractivity contribution in [2.24, 2.45) is 0 Å². The average molecular weight is 769 g/mol. The molecule has 0 aliphatic heterocycles. The Morgan fingerprint density at radius 1 is 0.400 bits per heavy atom. The Balaban J connectivity index is 0.948. The molecular formula is C55H36N4O. The van der Waals surface area contributed by atoms with Gasteiger partial charge < -0.3 is 9.32 Å². The molecule has 282 valence electrons. The monoisotopic (exact) mass is 768 g/mol. The standard InChI is InChI=1S/C55H36N4O/c1-3-12-37(13-4-1)38-22-29-43(30-23-38)57(45-33-26-40(27-34-45)46-17-11-18-48-47-16-7-10-21-53(47)60-54(46)48)44-31-24-39(25-32-44)41-28-35-51-52(36-41)59-50-20-9-8-19-49(50)56-55(59)58(51)42-14-5-2-6-15-42/h1-36H. The van der Waals surface area contributed by atoms with Gasteiger partial charge in [-0.05, 0) is 107 Å². The molecule has 0 unspecified atom stereocenters. The van der Waals surface area contributed by atoms with E-state index in [0.717, 1.165) is 94.8 Å². The van der Waals surface area contributed by atoms with Gasteiger partial charge in [0.15, 0.2) is 0 Å². The van der Waals surface area contributed by atoms with Crippen molar-refractivity contribution in [1.29, 1.82) is 0 Å². The molecule has 0 atom stereocenters. The van der Waals surface area contributed by atoms with Crippen LogP contribution in [-0.4, -0.2) is 14.0 Å². The van der Waals surface area contributed by atoms with Crippen molar-refractivity contribution in [3.63, 3.8) is 0 Å². The van der Waals surface area contributed by atoms with E-state index in [4.69, 9.17) is 9.40 Å². The molecule has 0 amide bonds. The van der Waals surface area contributed by atoms with Crippen molar-refractivity contribution in [3.05, 3.63) is 218 Å². The molecule has 9 aromatic carbocycles. The van der Waals surface area contributed by atoms with Crippen LogP contribution in [0.3, 0.4) is 0 Å². The van der Waals surface area contributed by atoms with E-state index in [-0.39, 0.29) is 0 Å². The van der Waals surface area contributed by atoms with Gasteiger partial charge in [0.05, 0.1) is 22.1 Å². The first-order valence-electron chi connectivity index (χ1n) is 20.3. The summed E-state index contributed by atoms with van der Waals surface area (Å²) in [7, 11) is 0. The lowest BCUT2D eigenvalue weighted by Gasteiger charge is -2.26. The highest BCUT2D eigenvalue weighted by Crippen LogP contribution is 2.40. The summed E-state index contributed by atoms with van der Waals surface area (Å²) in [5, 5.41) is 2.26. The zero-order valence-corrected chi connectivity index (χ0v) is 32.5. The molecule has 0 spiro atoms. The second kappa shape index (κ2) is 13.8. The molecular weight excluding hydrogens is 733 g/mol. The van der Waals surface area contributed by atoms with E-state index in [0.29, 0.717) is 0 Å². The summed E-state index contributed by atoms with van der Waals surface area (Å²) in [4.78, 5) is 7.43. The Hall–Kier alpha value is -8.15. The lowest BCUT2D eigenvalue weighted by Crippen LogP contribution is -2.09. The Kier molecular flexibility index (Phi) is 7.78. The van der Waals surface area contributed by atoms with Crippen molar-refractivity contribution >= 4 is 66.8 Å². The highest BCUT2D eigenvalue weighted by Gasteiger charge is 2.19. The van der Waals surface area contributed by atoms with Gasteiger partial charge >= 0.3 is 0 Å². The first kappa shape index (κ1) is 33.9. The van der Waals surface area contributed by atoms with Crippen LogP contribution in [0, 0.1) is 0 Å². The third-order valence-electron chi connectivity index (χ3n) is 11.7. The minimum absolute atomic E-state index is 0.902. The Labute approximate surface area is 346 Å². The molecule has 12 aromatic rings. The molecule has 0 saturated carbocycles. The summed E-state index contributed by atoms with van der Waals surface area (Å²) in [6.45, 7) is 0. The number of furan rings is 1. The van der Waals surface area contributed by atoms with Gasteiger partial charge in [0.2, 0.25) is 5.78 Å². The predicted molar refractivity (Wildman–Crippen MR) is 248 cm³/mol. The normalized spacial score (nSPS) is 11.7. The summed E-state index contributed by atoms with van der Waals surface area (Å²) in [6.07, 6.45) is 0. The van der Waals surface area contributed by atoms with E-state index in [9.17, 15) is 0 Å². The van der Waals surface area contributed by atoms with E-state index in [1.807, 2.05) is 12.1 Å². The van der Waals surface area contributed by atoms with Gasteiger partial charge in [-0.1, -0.05) is 140 Å². The van der Waals surface area contributed by atoms with Gasteiger partial charge in [0.1, 0.15) is 11.2 Å². The Bertz CT molecular complexity index is 3510. The summed E-state index contributed by atoms with van der Waals surface area (Å²) in [5.41, 5.74) is 17.2. The number of benzene rings is 9. The first-order chi connectivity index (χ1) is 29.7. The maximum absolute atomic E-state index is 6.41. The lowest BCUT2D eigenvalue weighted by atomic mass is 10.0. The van der Waals surface area contributed by atoms with Crippen LogP contribution in [0.1, 0.15) is 0 Å². The number of hydrogen-bond donors (Lipinski definition) is 0. The highest BCUT2D eigenvalue weighted by molar-refractivity contribution is 6.09. The molecule has 0 radical (unpaired) electrons. The van der Waals surface area contributed by atoms with Crippen LogP contribution in [0.4, 0.5) is 17.1 Å². The van der Waals surface area contributed by atoms with Gasteiger partial charge in [0.25, 0.3) is 0 Å². The molecule has 0 aliphatic carbocycles. The van der Waals surface area contributed by atoms with Crippen LogP contribution in [0.2, 0.25) is 0 Å². The molecule has 0 N–H and O–H groups in total. The van der Waals surface area contributed by atoms with Gasteiger partial charge in [-0.15, -0.1) is 0 Å². The van der Waals surface area contributed by atoms with Crippen LogP contribution in [-0.2, 0) is 0 Å². The highest BCUT2D eigenvalue weighted by atomic mass is 16.3. The number of fused-ring (bicyclic) bond motifs is 8. The molecule has 3 heterocycles. The fourth-order valence-electron chi connectivity index (χ4n) is 8.86. The molecule has 0 aliphatic rings. The van der Waals surface area contributed by atoms with E-state index >= 15 is 0 Å². The van der Waals surface area contributed by atoms with Gasteiger partial charge in [-0.25, -0.2) is 4.98 Å². The summed E-state index contributed by atoms with van der Waals surface area (Å²) >= 11 is 0. The van der Waals surface area contributed by atoms with E-state index in [1.165, 1.54) is 11.1 Å². The number of rotatable bonds is 7. The van der Waals surface area contributed by atoms with Crippen molar-refractivity contribution in [2.45, 2.75) is 0 Å². The van der Waals surface area contributed by atoms with Gasteiger partial charge in [0, 0.05) is 39.1 Å². The Morgan fingerprint density at radius 3 is 1.70 bits per heavy atom. The fraction of sp³-hybridized carbons (Fsp3) is 0. The maximum atomic E-state index is 6.41. The average Bonchev–Trinajstić information content (AvgIpc) is 3.99. The second-order valence-corrected chi connectivity index (χ2v) is 15.2. The molecule has 60 heavy (non-hydrogen) atoms. The lowest BCUT2D eigenvalue weighted by molar-refractivity contribution is 0.670. The van der Waals surface area contributed by atoms with Crippen LogP contribution < -0.4 is 4.90 Å². The number of hydrogen-bond acceptors (Lipinski definition) is 3. The zero-order chi connectivity index (χ0) is 39.6. The molecule has 0 fully saturated rings. The minimum atomic E-state index is 0.902. The number of para-hydroxylation sites is 5. The van der Waals surface area contributed by atoms with Crippen LogP contribution >= 0.6 is 0 Å². The van der Waals surface area contributed by atoms with E-state index in [2.05, 4.69) is 220 Å². The van der Waals surface area contributed by atoms with Crippen LogP contribution in [0.25, 0.3) is 88.9 Å². The number of nitrogens with zero attached hydrogens (tertiary/aromatic N) is 4. The molecule has 5 nitrogen and oxygen atoms in total.